The molecular weight excluding hydrogens is 854 g/mol. The van der Waals surface area contributed by atoms with Gasteiger partial charge in [0.15, 0.2) is 18.9 Å². The highest BCUT2D eigenvalue weighted by atomic mass is 16.8. The Hall–Kier alpha value is -2.25. The van der Waals surface area contributed by atoms with Crippen LogP contribution in [0.2, 0.25) is 0 Å². The molecule has 19 nitrogen and oxygen atoms in total. The molecule has 0 aromatic carbocycles. The number of carbonyl (C=O) groups excluding carboxylic acids is 1. The van der Waals surface area contributed by atoms with Gasteiger partial charge in [-0.15, -0.1) is 0 Å². The van der Waals surface area contributed by atoms with Gasteiger partial charge in [0.25, 0.3) is 0 Å². The van der Waals surface area contributed by atoms with Crippen molar-refractivity contribution >= 4 is 5.91 Å². The molecule has 17 atom stereocenters. The van der Waals surface area contributed by atoms with E-state index >= 15 is 0 Å². The maximum absolute atomic E-state index is 13.1. The Balaban J connectivity index is 1.55. The van der Waals surface area contributed by atoms with E-state index in [2.05, 4.69) is 67.8 Å². The summed E-state index contributed by atoms with van der Waals surface area (Å²) >= 11 is 0. The molecule has 3 aliphatic rings. The zero-order valence-corrected chi connectivity index (χ0v) is 37.9. The molecule has 3 heterocycles. The molecule has 0 spiro atoms. The maximum Gasteiger partial charge on any atom is 0.220 e. The molecule has 0 radical (unpaired) electrons. The number of carbonyl (C=O) groups is 1. The first-order chi connectivity index (χ1) is 31.3. The molecule has 0 aromatic rings. The minimum absolute atomic E-state index is 0.210. The van der Waals surface area contributed by atoms with Gasteiger partial charge < -0.3 is 89.9 Å². The number of nitrogens with one attached hydrogen (secondary N) is 1. The van der Waals surface area contributed by atoms with Crippen LogP contribution in [0.5, 0.6) is 0 Å². The van der Waals surface area contributed by atoms with E-state index in [4.69, 9.17) is 28.4 Å². The highest BCUT2D eigenvalue weighted by molar-refractivity contribution is 5.76. The molecule has 0 saturated carbocycles. The van der Waals surface area contributed by atoms with Gasteiger partial charge in [-0.1, -0.05) is 94.6 Å². The smallest absolute Gasteiger partial charge is 0.220 e. The van der Waals surface area contributed by atoms with Crippen LogP contribution in [-0.2, 0) is 33.2 Å². The summed E-state index contributed by atoms with van der Waals surface area (Å²) in [6, 6.07) is -0.904. The lowest BCUT2D eigenvalue weighted by Crippen LogP contribution is -2.66. The number of unbranched alkanes of at least 4 members (excludes halogenated alkanes) is 6. The molecular formula is C46H79NO18. The molecule has 3 rings (SSSR count). The van der Waals surface area contributed by atoms with Crippen LogP contribution < -0.4 is 5.32 Å². The summed E-state index contributed by atoms with van der Waals surface area (Å²) in [5.41, 5.74) is 0. The second-order valence-electron chi connectivity index (χ2n) is 16.8. The van der Waals surface area contributed by atoms with Crippen molar-refractivity contribution in [2.75, 3.05) is 26.4 Å². The number of hydrogen-bond donors (Lipinski definition) is 12. The molecule has 17 unspecified atom stereocenters. The SMILES string of the molecule is CC/C=C\C/C=C\C/C=C\C/C=C\CCCCC(=O)NC(COC1OC(CO)C(OC2OC(CO)C(OC3OC(CO)C(O)C(O)C3O)C(O)C2O)C(O)C1O)C(O)CCCCCCC. The minimum Gasteiger partial charge on any atom is -0.394 e. The Morgan fingerprint density at radius 1 is 0.569 bits per heavy atom. The molecule has 0 aromatic heterocycles. The second-order valence-corrected chi connectivity index (χ2v) is 16.8. The van der Waals surface area contributed by atoms with E-state index in [9.17, 15) is 61.0 Å². The molecule has 12 N–H and O–H groups in total. The van der Waals surface area contributed by atoms with Crippen molar-refractivity contribution in [2.24, 2.45) is 0 Å². The van der Waals surface area contributed by atoms with E-state index in [1.165, 1.54) is 0 Å². The third-order valence-electron chi connectivity index (χ3n) is 11.7. The highest BCUT2D eigenvalue weighted by Crippen LogP contribution is 2.33. The first-order valence-electron chi connectivity index (χ1n) is 23.4. The number of allylic oxidation sites excluding steroid dienone is 8. The lowest BCUT2D eigenvalue weighted by atomic mass is 9.96. The van der Waals surface area contributed by atoms with Gasteiger partial charge in [-0.2, -0.15) is 0 Å². The first kappa shape index (κ1) is 57.1. The van der Waals surface area contributed by atoms with E-state index in [1.807, 2.05) is 0 Å². The van der Waals surface area contributed by atoms with Gasteiger partial charge in [0.2, 0.25) is 5.91 Å². The summed E-state index contributed by atoms with van der Waals surface area (Å²) in [5, 5.41) is 119. The zero-order valence-electron chi connectivity index (χ0n) is 37.9. The third-order valence-corrected chi connectivity index (χ3v) is 11.7. The van der Waals surface area contributed by atoms with Crippen molar-refractivity contribution in [3.8, 4) is 0 Å². The second kappa shape index (κ2) is 31.7. The predicted molar refractivity (Wildman–Crippen MR) is 235 cm³/mol. The Morgan fingerprint density at radius 3 is 1.62 bits per heavy atom. The van der Waals surface area contributed by atoms with Crippen molar-refractivity contribution in [1.82, 2.24) is 5.32 Å². The van der Waals surface area contributed by atoms with Gasteiger partial charge in [0.05, 0.1) is 38.6 Å². The van der Waals surface area contributed by atoms with E-state index in [1.54, 1.807) is 0 Å². The van der Waals surface area contributed by atoms with E-state index in [0.29, 0.717) is 19.3 Å². The van der Waals surface area contributed by atoms with Crippen molar-refractivity contribution in [2.45, 2.75) is 208 Å². The summed E-state index contributed by atoms with van der Waals surface area (Å²) in [4.78, 5) is 13.1. The number of aliphatic hydroxyl groups is 11. The standard InChI is InChI=1S/C46H79NO18/c1-3-5-7-9-10-11-12-13-14-15-16-17-18-20-22-24-34(52)47-29(30(51)23-21-19-8-6-4-2)28-60-44-40(58)37(55)42(32(26-49)62-44)65-46-41(59)38(56)43(33(27-50)63-46)64-45-39(57)36(54)35(53)31(25-48)61-45/h5,7,10-11,13-14,16-17,29-33,35-46,48-51,53-59H,3-4,6,8-9,12,15,18-28H2,1-2H3,(H,47,52)/b7-5-,11-10-,14-13-,17-16-. The topological polar surface area (TPSA) is 307 Å². The van der Waals surface area contributed by atoms with Crippen molar-refractivity contribution < 1.29 is 89.4 Å². The fourth-order valence-corrected chi connectivity index (χ4v) is 7.71. The maximum atomic E-state index is 13.1. The van der Waals surface area contributed by atoms with Crippen molar-refractivity contribution in [3.63, 3.8) is 0 Å². The summed E-state index contributed by atoms with van der Waals surface area (Å²) < 4.78 is 33.9. The van der Waals surface area contributed by atoms with E-state index < -0.39 is 124 Å². The highest BCUT2D eigenvalue weighted by Gasteiger charge is 2.53. The lowest BCUT2D eigenvalue weighted by molar-refractivity contribution is -0.379. The fourth-order valence-electron chi connectivity index (χ4n) is 7.71. The van der Waals surface area contributed by atoms with Gasteiger partial charge in [-0.3, -0.25) is 4.79 Å². The van der Waals surface area contributed by atoms with E-state index in [-0.39, 0.29) is 18.9 Å². The summed E-state index contributed by atoms with van der Waals surface area (Å²) in [7, 11) is 0. The van der Waals surface area contributed by atoms with Crippen LogP contribution in [0.4, 0.5) is 0 Å². The average molecular weight is 934 g/mol. The normalized spacial score (nSPS) is 34.6. The first-order valence-corrected chi connectivity index (χ1v) is 23.4. The van der Waals surface area contributed by atoms with Crippen molar-refractivity contribution in [3.05, 3.63) is 48.6 Å². The summed E-state index contributed by atoms with van der Waals surface area (Å²) in [6.45, 7) is 1.47. The molecule has 3 fully saturated rings. The molecule has 0 aliphatic carbocycles. The van der Waals surface area contributed by atoms with Gasteiger partial charge >= 0.3 is 0 Å². The van der Waals surface area contributed by atoms with Crippen molar-refractivity contribution in [1.29, 1.82) is 0 Å². The molecule has 65 heavy (non-hydrogen) atoms. The fraction of sp³-hybridized carbons (Fsp3) is 0.804. The monoisotopic (exact) mass is 934 g/mol. The van der Waals surface area contributed by atoms with Gasteiger partial charge in [0.1, 0.15) is 73.2 Å². The Bertz CT molecular complexity index is 1400. The van der Waals surface area contributed by atoms with Crippen LogP contribution in [0.1, 0.15) is 104 Å². The predicted octanol–water partition coefficient (Wildman–Crippen LogP) is 0.0230. The summed E-state index contributed by atoms with van der Waals surface area (Å²) in [6.07, 6.45) is 1.61. The lowest BCUT2D eigenvalue weighted by Gasteiger charge is -2.48. The number of aliphatic hydroxyl groups excluding tert-OH is 11. The number of rotatable bonds is 30. The molecule has 0 bridgehead atoms. The Labute approximate surface area is 383 Å². The Kier molecular flexibility index (Phi) is 27.9. The van der Waals surface area contributed by atoms with Crippen LogP contribution >= 0.6 is 0 Å². The third kappa shape index (κ3) is 18.6. The zero-order chi connectivity index (χ0) is 47.7. The molecule has 19 heteroatoms. The van der Waals surface area contributed by atoms with Gasteiger partial charge in [-0.25, -0.2) is 0 Å². The molecule has 1 amide bonds. The quantitative estimate of drug-likeness (QED) is 0.0334. The van der Waals surface area contributed by atoms with Gasteiger partial charge in [-0.05, 0) is 51.4 Å². The van der Waals surface area contributed by atoms with Crippen LogP contribution in [0.3, 0.4) is 0 Å². The minimum atomic E-state index is -1.97. The Morgan fingerprint density at radius 2 is 1.06 bits per heavy atom. The van der Waals surface area contributed by atoms with E-state index in [0.717, 1.165) is 64.2 Å². The van der Waals surface area contributed by atoms with Crippen LogP contribution in [0.25, 0.3) is 0 Å². The van der Waals surface area contributed by atoms with Crippen LogP contribution in [-0.4, -0.2) is 193 Å². The molecule has 3 aliphatic heterocycles. The van der Waals surface area contributed by atoms with Crippen LogP contribution in [0.15, 0.2) is 48.6 Å². The summed E-state index contributed by atoms with van der Waals surface area (Å²) in [5.74, 6) is -0.295. The number of ether oxygens (including phenoxy) is 6. The average Bonchev–Trinajstić information content (AvgIpc) is 3.30. The largest absolute Gasteiger partial charge is 0.394 e. The van der Waals surface area contributed by atoms with Crippen LogP contribution in [0, 0.1) is 0 Å². The molecule has 3 saturated heterocycles. The van der Waals surface area contributed by atoms with Gasteiger partial charge in [0, 0.05) is 6.42 Å². The molecule has 376 valence electrons. The number of amides is 1. The number of hydrogen-bond acceptors (Lipinski definition) is 18.